The molecule has 0 aromatic heterocycles. The Kier molecular flexibility index (Phi) is 3.99. The number of carbonyl (C=O) groups excluding carboxylic acids is 2. The highest BCUT2D eigenvalue weighted by atomic mass is 79.9. The first-order valence-corrected chi connectivity index (χ1v) is 4.77. The smallest absolute Gasteiger partial charge is 0.329 e. The minimum Gasteiger partial charge on any atom is -0.361 e. The predicted octanol–water partition coefficient (Wildman–Crippen LogP) is 0.385. The normalized spacial score (nSPS) is 10.2. The summed E-state index contributed by atoms with van der Waals surface area (Å²) in [5.41, 5.74) is 7.49. The van der Waals surface area contributed by atoms with E-state index in [1.165, 1.54) is 6.21 Å². The number of nitrogens with zero attached hydrogens (tertiary/aromatic N) is 1. The van der Waals surface area contributed by atoms with Gasteiger partial charge in [0.1, 0.15) is 0 Å². The fourth-order valence-corrected chi connectivity index (χ4v) is 1.03. The minimum atomic E-state index is -1.07. The van der Waals surface area contributed by atoms with Gasteiger partial charge in [0.15, 0.2) is 0 Å². The maximum absolute atomic E-state index is 10.7. The van der Waals surface area contributed by atoms with Crippen LogP contribution >= 0.6 is 15.9 Å². The van der Waals surface area contributed by atoms with Gasteiger partial charge in [0.2, 0.25) is 0 Å². The van der Waals surface area contributed by atoms with E-state index >= 15 is 0 Å². The van der Waals surface area contributed by atoms with Crippen LogP contribution in [0.3, 0.4) is 0 Å². The lowest BCUT2D eigenvalue weighted by Crippen LogP contribution is -2.32. The van der Waals surface area contributed by atoms with Crippen molar-refractivity contribution in [2.24, 2.45) is 10.8 Å². The Morgan fingerprint density at radius 3 is 2.47 bits per heavy atom. The zero-order valence-corrected chi connectivity index (χ0v) is 9.19. The molecule has 15 heavy (non-hydrogen) atoms. The Bertz CT molecular complexity index is 400. The number of amides is 2. The van der Waals surface area contributed by atoms with Crippen molar-refractivity contribution in [1.29, 1.82) is 0 Å². The molecule has 0 bridgehead atoms. The molecule has 2 amide bonds. The van der Waals surface area contributed by atoms with Crippen LogP contribution in [0.2, 0.25) is 0 Å². The van der Waals surface area contributed by atoms with Gasteiger partial charge in [0.05, 0.1) is 6.21 Å². The summed E-state index contributed by atoms with van der Waals surface area (Å²) in [5.74, 6) is -2.01. The number of primary amides is 1. The van der Waals surface area contributed by atoms with Gasteiger partial charge in [-0.2, -0.15) is 5.10 Å². The second-order valence-electron chi connectivity index (χ2n) is 2.61. The fraction of sp³-hybridized carbons (Fsp3) is 0. The van der Waals surface area contributed by atoms with Crippen LogP contribution in [-0.2, 0) is 9.59 Å². The number of hydrazone groups is 1. The molecule has 0 saturated heterocycles. The van der Waals surface area contributed by atoms with Crippen LogP contribution in [0.5, 0.6) is 0 Å². The van der Waals surface area contributed by atoms with Crippen molar-refractivity contribution in [1.82, 2.24) is 5.43 Å². The molecule has 1 aromatic carbocycles. The Hall–Kier alpha value is -1.69. The summed E-state index contributed by atoms with van der Waals surface area (Å²) < 4.78 is 0.945. The average Bonchev–Trinajstić information content (AvgIpc) is 2.20. The molecule has 0 unspecified atom stereocenters. The molecular weight excluding hydrogens is 262 g/mol. The van der Waals surface area contributed by atoms with E-state index in [-0.39, 0.29) is 0 Å². The quantitative estimate of drug-likeness (QED) is 0.462. The summed E-state index contributed by atoms with van der Waals surface area (Å²) >= 11 is 3.28. The summed E-state index contributed by atoms with van der Waals surface area (Å²) in [6.45, 7) is 0. The van der Waals surface area contributed by atoms with Gasteiger partial charge in [-0.15, -0.1) is 0 Å². The highest BCUT2D eigenvalue weighted by Crippen LogP contribution is 2.08. The third-order valence-corrected chi connectivity index (χ3v) is 2.00. The first-order chi connectivity index (χ1) is 7.09. The Balaban J connectivity index is 2.55. The van der Waals surface area contributed by atoms with E-state index in [0.717, 1.165) is 10.0 Å². The summed E-state index contributed by atoms with van der Waals surface area (Å²) in [5, 5.41) is 3.55. The second-order valence-corrected chi connectivity index (χ2v) is 3.53. The number of rotatable bonds is 2. The SMILES string of the molecule is NC(=O)C(=O)N/N=C/c1ccc(Br)cc1. The highest BCUT2D eigenvalue weighted by molar-refractivity contribution is 9.10. The maximum atomic E-state index is 10.7. The van der Waals surface area contributed by atoms with Crippen LogP contribution in [0.25, 0.3) is 0 Å². The van der Waals surface area contributed by atoms with Crippen LogP contribution in [0.1, 0.15) is 5.56 Å². The molecule has 0 aliphatic rings. The maximum Gasteiger partial charge on any atom is 0.329 e. The number of halogens is 1. The van der Waals surface area contributed by atoms with Crippen molar-refractivity contribution in [2.75, 3.05) is 0 Å². The summed E-state index contributed by atoms with van der Waals surface area (Å²) in [6.07, 6.45) is 1.41. The Morgan fingerprint density at radius 1 is 1.33 bits per heavy atom. The molecule has 0 aliphatic heterocycles. The molecule has 0 saturated carbocycles. The standard InChI is InChI=1S/C9H8BrN3O2/c10-7-3-1-6(2-4-7)5-12-13-9(15)8(11)14/h1-5H,(H2,11,14)(H,13,15)/b12-5+. The van der Waals surface area contributed by atoms with E-state index < -0.39 is 11.8 Å². The van der Waals surface area contributed by atoms with Gasteiger partial charge in [0.25, 0.3) is 0 Å². The topological polar surface area (TPSA) is 84.5 Å². The molecular formula is C9H8BrN3O2. The van der Waals surface area contributed by atoms with Crippen molar-refractivity contribution in [3.05, 3.63) is 34.3 Å². The lowest BCUT2D eigenvalue weighted by Gasteiger charge is -1.94. The molecule has 0 spiro atoms. The van der Waals surface area contributed by atoms with Gasteiger partial charge in [-0.1, -0.05) is 28.1 Å². The summed E-state index contributed by atoms with van der Waals surface area (Å²) in [7, 11) is 0. The molecule has 6 heteroatoms. The number of nitrogens with two attached hydrogens (primary N) is 1. The van der Waals surface area contributed by atoms with Gasteiger partial charge in [-0.25, -0.2) is 5.43 Å². The van der Waals surface area contributed by atoms with E-state index in [1.807, 2.05) is 17.6 Å². The van der Waals surface area contributed by atoms with Gasteiger partial charge >= 0.3 is 11.8 Å². The number of hydrogen-bond donors (Lipinski definition) is 2. The first kappa shape index (κ1) is 11.4. The zero-order valence-electron chi connectivity index (χ0n) is 7.61. The van der Waals surface area contributed by atoms with Crippen LogP contribution in [0.4, 0.5) is 0 Å². The lowest BCUT2D eigenvalue weighted by atomic mass is 10.2. The Morgan fingerprint density at radius 2 is 1.93 bits per heavy atom. The molecule has 0 heterocycles. The highest BCUT2D eigenvalue weighted by Gasteiger charge is 2.04. The van der Waals surface area contributed by atoms with Crippen LogP contribution in [0, 0.1) is 0 Å². The largest absolute Gasteiger partial charge is 0.361 e. The number of hydrogen-bond acceptors (Lipinski definition) is 3. The van der Waals surface area contributed by atoms with Crippen LogP contribution in [-0.4, -0.2) is 18.0 Å². The first-order valence-electron chi connectivity index (χ1n) is 3.98. The van der Waals surface area contributed by atoms with Crippen LogP contribution in [0.15, 0.2) is 33.8 Å². The number of nitrogens with one attached hydrogen (secondary N) is 1. The number of carbonyl (C=O) groups is 2. The molecule has 0 radical (unpaired) electrons. The molecule has 0 fully saturated rings. The predicted molar refractivity (Wildman–Crippen MR) is 59.1 cm³/mol. The lowest BCUT2D eigenvalue weighted by molar-refractivity contribution is -0.137. The fourth-order valence-electron chi connectivity index (χ4n) is 0.769. The average molecular weight is 270 g/mol. The second kappa shape index (κ2) is 5.26. The van der Waals surface area contributed by atoms with Crippen molar-refractivity contribution >= 4 is 34.0 Å². The molecule has 78 valence electrons. The third kappa shape index (κ3) is 3.90. The minimum absolute atomic E-state index is 0.794. The molecule has 1 aromatic rings. The molecule has 0 aliphatic carbocycles. The van der Waals surface area contributed by atoms with Gasteiger partial charge < -0.3 is 5.73 Å². The zero-order chi connectivity index (χ0) is 11.3. The van der Waals surface area contributed by atoms with E-state index in [2.05, 4.69) is 21.0 Å². The van der Waals surface area contributed by atoms with Gasteiger partial charge in [0, 0.05) is 4.47 Å². The summed E-state index contributed by atoms with van der Waals surface area (Å²) in [4.78, 5) is 21.0. The van der Waals surface area contributed by atoms with Gasteiger partial charge in [-0.3, -0.25) is 9.59 Å². The Labute approximate surface area is 94.5 Å². The van der Waals surface area contributed by atoms with E-state index in [9.17, 15) is 9.59 Å². The molecule has 5 nitrogen and oxygen atoms in total. The molecule has 1 rings (SSSR count). The van der Waals surface area contributed by atoms with Crippen molar-refractivity contribution in [3.8, 4) is 0 Å². The third-order valence-electron chi connectivity index (χ3n) is 1.47. The van der Waals surface area contributed by atoms with E-state index in [4.69, 9.17) is 5.73 Å². The monoisotopic (exact) mass is 269 g/mol. The van der Waals surface area contributed by atoms with Crippen molar-refractivity contribution < 1.29 is 9.59 Å². The van der Waals surface area contributed by atoms with Crippen molar-refractivity contribution in [2.45, 2.75) is 0 Å². The molecule has 0 atom stereocenters. The van der Waals surface area contributed by atoms with E-state index in [1.54, 1.807) is 12.1 Å². The number of benzene rings is 1. The van der Waals surface area contributed by atoms with E-state index in [0.29, 0.717) is 0 Å². The van der Waals surface area contributed by atoms with Crippen LogP contribution < -0.4 is 11.2 Å². The van der Waals surface area contributed by atoms with Crippen molar-refractivity contribution in [3.63, 3.8) is 0 Å². The summed E-state index contributed by atoms with van der Waals surface area (Å²) in [6, 6.07) is 7.25. The van der Waals surface area contributed by atoms with Gasteiger partial charge in [-0.05, 0) is 17.7 Å². The molecule has 3 N–H and O–H groups in total.